The van der Waals surface area contributed by atoms with Gasteiger partial charge in [-0.3, -0.25) is 9.59 Å². The zero-order valence-corrected chi connectivity index (χ0v) is 17.7. The van der Waals surface area contributed by atoms with Crippen LogP contribution in [0.5, 0.6) is 0 Å². The number of thiophene rings is 1. The number of carbonyl (C=O) groups is 3. The van der Waals surface area contributed by atoms with Crippen molar-refractivity contribution >= 4 is 34.2 Å². The molecule has 0 spiro atoms. The number of amides is 1. The van der Waals surface area contributed by atoms with Crippen molar-refractivity contribution in [1.82, 2.24) is 0 Å². The molecule has 1 heterocycles. The van der Waals surface area contributed by atoms with E-state index in [-0.39, 0.29) is 12.0 Å². The Bertz CT molecular complexity index is 731. The summed E-state index contributed by atoms with van der Waals surface area (Å²) in [4.78, 5) is 37.1. The third-order valence-corrected chi connectivity index (χ3v) is 6.09. The lowest BCUT2D eigenvalue weighted by molar-refractivity contribution is -0.150. The van der Waals surface area contributed by atoms with Gasteiger partial charge in [-0.05, 0) is 50.0 Å². The number of carbonyl (C=O) groups excluding carboxylic acids is 3. The predicted octanol–water partition coefficient (Wildman–Crippen LogP) is 3.97. The molecule has 1 N–H and O–H groups in total. The van der Waals surface area contributed by atoms with Crippen LogP contribution in [0.2, 0.25) is 0 Å². The summed E-state index contributed by atoms with van der Waals surface area (Å²) < 4.78 is 10.2. The second kappa shape index (κ2) is 8.42. The molecule has 0 aromatic carbocycles. The number of ether oxygens (including phenoxy) is 2. The molecule has 1 aromatic rings. The molecule has 1 amide bonds. The van der Waals surface area contributed by atoms with Gasteiger partial charge in [0.05, 0.1) is 12.2 Å². The summed E-state index contributed by atoms with van der Waals surface area (Å²) in [6.45, 7) is 11.5. The Morgan fingerprint density at radius 2 is 1.96 bits per heavy atom. The van der Waals surface area contributed by atoms with Crippen LogP contribution in [0.3, 0.4) is 0 Å². The van der Waals surface area contributed by atoms with Crippen LogP contribution in [0.15, 0.2) is 0 Å². The maximum absolute atomic E-state index is 12.6. The third-order valence-electron chi connectivity index (χ3n) is 4.92. The number of nitrogens with one attached hydrogen (secondary N) is 1. The Balaban J connectivity index is 2.34. The van der Waals surface area contributed by atoms with Gasteiger partial charge in [0, 0.05) is 11.8 Å². The largest absolute Gasteiger partial charge is 0.462 e. The lowest BCUT2D eigenvalue weighted by Crippen LogP contribution is -2.29. The van der Waals surface area contributed by atoms with Crippen molar-refractivity contribution in [2.45, 2.75) is 66.9 Å². The SMILES string of the molecule is CCOC(=O)c1c(NC(=O)[C@H](C)OC(C)=O)sc2c1CC[C@@H](C(C)(C)C)C2. The third kappa shape index (κ3) is 5.09. The van der Waals surface area contributed by atoms with Gasteiger partial charge < -0.3 is 14.8 Å². The Morgan fingerprint density at radius 1 is 1.30 bits per heavy atom. The van der Waals surface area contributed by atoms with Crippen LogP contribution in [-0.2, 0) is 31.9 Å². The molecule has 2 rings (SSSR count). The first kappa shape index (κ1) is 21.4. The average Bonchev–Trinajstić information content (AvgIpc) is 2.90. The van der Waals surface area contributed by atoms with E-state index in [1.807, 2.05) is 0 Å². The highest BCUT2D eigenvalue weighted by molar-refractivity contribution is 7.17. The molecule has 0 aliphatic heterocycles. The molecule has 27 heavy (non-hydrogen) atoms. The van der Waals surface area contributed by atoms with Gasteiger partial charge >= 0.3 is 11.9 Å². The number of fused-ring (bicyclic) bond motifs is 1. The first-order valence-corrected chi connectivity index (χ1v) is 10.2. The average molecular weight is 396 g/mol. The normalized spacial score (nSPS) is 17.6. The van der Waals surface area contributed by atoms with Gasteiger partial charge in [-0.1, -0.05) is 20.8 Å². The summed E-state index contributed by atoms with van der Waals surface area (Å²) in [5.74, 6) is -0.884. The highest BCUT2D eigenvalue weighted by Crippen LogP contribution is 2.44. The van der Waals surface area contributed by atoms with E-state index in [4.69, 9.17) is 9.47 Å². The van der Waals surface area contributed by atoms with Gasteiger partial charge in [0.25, 0.3) is 5.91 Å². The standard InChI is InChI=1S/C20H29NO5S/c1-7-25-19(24)16-14-9-8-13(20(4,5)6)10-15(14)27-18(16)21-17(23)11(2)26-12(3)22/h11,13H,7-10H2,1-6H3,(H,21,23)/t11-,13+/m0/s1. The smallest absolute Gasteiger partial charge is 0.341 e. The molecular weight excluding hydrogens is 366 g/mol. The van der Waals surface area contributed by atoms with Gasteiger partial charge in [-0.25, -0.2) is 4.79 Å². The summed E-state index contributed by atoms with van der Waals surface area (Å²) in [6.07, 6.45) is 1.73. The van der Waals surface area contributed by atoms with Gasteiger partial charge in [0.1, 0.15) is 5.00 Å². The second-order valence-electron chi connectivity index (χ2n) is 7.98. The minimum Gasteiger partial charge on any atom is -0.462 e. The van der Waals surface area contributed by atoms with Crippen molar-refractivity contribution < 1.29 is 23.9 Å². The molecule has 150 valence electrons. The van der Waals surface area contributed by atoms with Crippen molar-refractivity contribution in [2.24, 2.45) is 11.3 Å². The molecule has 1 aliphatic rings. The van der Waals surface area contributed by atoms with Gasteiger partial charge in [-0.15, -0.1) is 11.3 Å². The Kier molecular flexibility index (Phi) is 6.68. The maximum atomic E-state index is 12.6. The van der Waals surface area contributed by atoms with Crippen LogP contribution in [0.25, 0.3) is 0 Å². The van der Waals surface area contributed by atoms with Crippen LogP contribution < -0.4 is 5.32 Å². The summed E-state index contributed by atoms with van der Waals surface area (Å²) in [5, 5.41) is 3.25. The van der Waals surface area contributed by atoms with Crippen LogP contribution in [0.4, 0.5) is 5.00 Å². The Labute approximate surface area is 164 Å². The highest BCUT2D eigenvalue weighted by Gasteiger charge is 2.34. The van der Waals surface area contributed by atoms with Crippen LogP contribution in [0, 0.1) is 11.3 Å². The minimum atomic E-state index is -0.931. The number of hydrogen-bond donors (Lipinski definition) is 1. The molecule has 0 bridgehead atoms. The fourth-order valence-corrected chi connectivity index (χ4v) is 4.67. The molecule has 7 heteroatoms. The fraction of sp³-hybridized carbons (Fsp3) is 0.650. The van der Waals surface area contributed by atoms with Crippen LogP contribution in [-0.4, -0.2) is 30.6 Å². The molecule has 2 atom stereocenters. The second-order valence-corrected chi connectivity index (χ2v) is 9.08. The summed E-state index contributed by atoms with van der Waals surface area (Å²) in [7, 11) is 0. The lowest BCUT2D eigenvalue weighted by atomic mass is 9.72. The monoisotopic (exact) mass is 395 g/mol. The Morgan fingerprint density at radius 3 is 2.52 bits per heavy atom. The lowest BCUT2D eigenvalue weighted by Gasteiger charge is -2.33. The molecule has 6 nitrogen and oxygen atoms in total. The molecule has 1 aromatic heterocycles. The van der Waals surface area contributed by atoms with Crippen molar-refractivity contribution in [3.63, 3.8) is 0 Å². The molecule has 0 saturated heterocycles. The van der Waals surface area contributed by atoms with E-state index in [1.165, 1.54) is 25.2 Å². The molecule has 0 saturated carbocycles. The molecule has 0 fully saturated rings. The fourth-order valence-electron chi connectivity index (χ4n) is 3.35. The van der Waals surface area contributed by atoms with E-state index in [1.54, 1.807) is 6.92 Å². The van der Waals surface area contributed by atoms with Gasteiger partial charge in [-0.2, -0.15) is 0 Å². The quantitative estimate of drug-likeness (QED) is 0.763. The predicted molar refractivity (Wildman–Crippen MR) is 105 cm³/mol. The van der Waals surface area contributed by atoms with E-state index in [0.717, 1.165) is 29.7 Å². The number of hydrogen-bond acceptors (Lipinski definition) is 6. The molecular formula is C20H29NO5S. The summed E-state index contributed by atoms with van der Waals surface area (Å²) in [6, 6.07) is 0. The van der Waals surface area contributed by atoms with E-state index < -0.39 is 23.9 Å². The number of rotatable bonds is 5. The van der Waals surface area contributed by atoms with Crippen molar-refractivity contribution in [3.8, 4) is 0 Å². The van der Waals surface area contributed by atoms with Crippen LogP contribution >= 0.6 is 11.3 Å². The molecule has 0 radical (unpaired) electrons. The highest BCUT2D eigenvalue weighted by atomic mass is 32.1. The van der Waals surface area contributed by atoms with Crippen molar-refractivity contribution in [2.75, 3.05) is 11.9 Å². The molecule has 1 aliphatic carbocycles. The molecule has 0 unspecified atom stereocenters. The minimum absolute atomic E-state index is 0.180. The first-order chi connectivity index (χ1) is 12.5. The van der Waals surface area contributed by atoms with E-state index >= 15 is 0 Å². The maximum Gasteiger partial charge on any atom is 0.341 e. The number of anilines is 1. The summed E-state index contributed by atoms with van der Waals surface area (Å²) in [5.41, 5.74) is 1.61. The van der Waals surface area contributed by atoms with Crippen LogP contribution in [0.1, 0.15) is 68.8 Å². The van der Waals surface area contributed by atoms with E-state index in [2.05, 4.69) is 26.1 Å². The summed E-state index contributed by atoms with van der Waals surface area (Å²) >= 11 is 1.43. The van der Waals surface area contributed by atoms with Crippen molar-refractivity contribution in [3.05, 3.63) is 16.0 Å². The Hall–Kier alpha value is -1.89. The van der Waals surface area contributed by atoms with E-state index in [9.17, 15) is 14.4 Å². The topological polar surface area (TPSA) is 81.7 Å². The number of esters is 2. The van der Waals surface area contributed by atoms with Crippen molar-refractivity contribution in [1.29, 1.82) is 0 Å². The van der Waals surface area contributed by atoms with Gasteiger partial charge in [0.2, 0.25) is 0 Å². The first-order valence-electron chi connectivity index (χ1n) is 9.34. The zero-order valence-electron chi connectivity index (χ0n) is 16.9. The van der Waals surface area contributed by atoms with Gasteiger partial charge in [0.15, 0.2) is 6.10 Å². The zero-order chi connectivity index (χ0) is 20.4. The van der Waals surface area contributed by atoms with E-state index in [0.29, 0.717) is 16.5 Å².